The maximum Gasteiger partial charge on any atom is 0.262 e. The van der Waals surface area contributed by atoms with Crippen LogP contribution in [0, 0.1) is 5.82 Å². The van der Waals surface area contributed by atoms with E-state index in [1.807, 2.05) is 0 Å². The van der Waals surface area contributed by atoms with Gasteiger partial charge >= 0.3 is 0 Å². The minimum Gasteiger partial charge on any atom is -0.496 e. The Morgan fingerprint density at radius 3 is 2.83 bits per heavy atom. The van der Waals surface area contributed by atoms with Crippen LogP contribution in [0.3, 0.4) is 0 Å². The van der Waals surface area contributed by atoms with Crippen molar-refractivity contribution < 1.29 is 13.9 Å². The van der Waals surface area contributed by atoms with Gasteiger partial charge < -0.3 is 9.30 Å². The number of benzene rings is 1. The van der Waals surface area contributed by atoms with Crippen LogP contribution < -0.4 is 10.3 Å². The summed E-state index contributed by atoms with van der Waals surface area (Å²) in [6, 6.07) is 5.99. The zero-order valence-corrected chi connectivity index (χ0v) is 16.1. The highest BCUT2D eigenvalue weighted by Crippen LogP contribution is 2.23. The van der Waals surface area contributed by atoms with Crippen molar-refractivity contribution in [2.45, 2.75) is 19.4 Å². The Hall–Kier alpha value is -3.55. The van der Waals surface area contributed by atoms with Gasteiger partial charge in [0.05, 0.1) is 29.7 Å². The molecule has 0 radical (unpaired) electrons. The number of aromatic nitrogens is 4. The average molecular weight is 394 g/mol. The third-order valence-electron chi connectivity index (χ3n) is 5.00. The monoisotopic (exact) mass is 394 g/mol. The van der Waals surface area contributed by atoms with E-state index in [-0.39, 0.29) is 30.7 Å². The molecule has 0 aliphatic carbocycles. The van der Waals surface area contributed by atoms with Gasteiger partial charge in [-0.05, 0) is 24.3 Å². The van der Waals surface area contributed by atoms with Gasteiger partial charge in [-0.3, -0.25) is 19.3 Å². The highest BCUT2D eigenvalue weighted by atomic mass is 19.1. The first kappa shape index (κ1) is 18.8. The molecule has 8 heteroatoms. The van der Waals surface area contributed by atoms with Crippen LogP contribution in [0.4, 0.5) is 4.39 Å². The molecule has 0 aliphatic heterocycles. The Balaban J connectivity index is 1.68. The number of carbonyl (C=O) groups excluding carboxylic acids is 1. The van der Waals surface area contributed by atoms with Crippen molar-refractivity contribution in [3.05, 3.63) is 64.6 Å². The maximum absolute atomic E-state index is 13.9. The number of carbonyl (C=O) groups is 1. The molecule has 4 rings (SSSR count). The topological polar surface area (TPSA) is 79.0 Å². The van der Waals surface area contributed by atoms with E-state index in [9.17, 15) is 14.0 Å². The number of ketones is 1. The van der Waals surface area contributed by atoms with Gasteiger partial charge in [-0.25, -0.2) is 4.39 Å². The molecule has 29 heavy (non-hydrogen) atoms. The fourth-order valence-corrected chi connectivity index (χ4v) is 3.60. The first-order valence-corrected chi connectivity index (χ1v) is 9.12. The molecule has 7 nitrogen and oxygen atoms in total. The molecule has 0 aliphatic rings. The highest BCUT2D eigenvalue weighted by molar-refractivity contribution is 6.03. The van der Waals surface area contributed by atoms with E-state index in [2.05, 4.69) is 10.1 Å². The normalized spacial score (nSPS) is 11.3. The zero-order valence-electron chi connectivity index (χ0n) is 16.1. The number of Topliss-reactive ketones (excluding diaryl/α,β-unsaturated/α-hetero) is 1. The minimum atomic E-state index is -0.446. The van der Waals surface area contributed by atoms with Gasteiger partial charge in [0.25, 0.3) is 5.56 Å². The van der Waals surface area contributed by atoms with E-state index in [4.69, 9.17) is 4.74 Å². The van der Waals surface area contributed by atoms with E-state index in [1.54, 1.807) is 36.3 Å². The summed E-state index contributed by atoms with van der Waals surface area (Å²) in [5.41, 5.74) is 1.48. The Kier molecular flexibility index (Phi) is 4.84. The number of aryl methyl sites for hydroxylation is 2. The lowest BCUT2D eigenvalue weighted by atomic mass is 10.1. The van der Waals surface area contributed by atoms with Gasteiger partial charge in [-0.2, -0.15) is 5.10 Å². The Morgan fingerprint density at radius 2 is 2.03 bits per heavy atom. The molecule has 3 aromatic heterocycles. The summed E-state index contributed by atoms with van der Waals surface area (Å²) in [5.74, 6) is 0.0763. The third-order valence-corrected chi connectivity index (χ3v) is 5.00. The van der Waals surface area contributed by atoms with Gasteiger partial charge in [-0.15, -0.1) is 0 Å². The first-order valence-electron chi connectivity index (χ1n) is 9.12. The van der Waals surface area contributed by atoms with Crippen LogP contribution in [0.25, 0.3) is 21.8 Å². The number of halogens is 1. The average Bonchev–Trinajstić information content (AvgIpc) is 3.10. The van der Waals surface area contributed by atoms with E-state index >= 15 is 0 Å². The van der Waals surface area contributed by atoms with Gasteiger partial charge in [0.2, 0.25) is 0 Å². The fraction of sp³-hybridized carbons (Fsp3) is 0.238. The Bertz CT molecular complexity index is 1290. The molecule has 3 heterocycles. The number of nitrogens with zero attached hydrogens (tertiary/aromatic N) is 4. The second kappa shape index (κ2) is 7.46. The summed E-state index contributed by atoms with van der Waals surface area (Å²) < 4.78 is 22.2. The van der Waals surface area contributed by atoms with Gasteiger partial charge in [0.1, 0.15) is 17.3 Å². The molecule has 0 atom stereocenters. The Morgan fingerprint density at radius 1 is 1.21 bits per heavy atom. The van der Waals surface area contributed by atoms with Crippen LogP contribution in [0.15, 0.2) is 47.7 Å². The smallest absolute Gasteiger partial charge is 0.262 e. The van der Waals surface area contributed by atoms with Crippen LogP contribution in [-0.4, -0.2) is 32.2 Å². The highest BCUT2D eigenvalue weighted by Gasteiger charge is 2.16. The fourth-order valence-electron chi connectivity index (χ4n) is 3.60. The minimum absolute atomic E-state index is 0.0703. The van der Waals surface area contributed by atoms with Crippen LogP contribution >= 0.6 is 0 Å². The summed E-state index contributed by atoms with van der Waals surface area (Å²) in [6.07, 6.45) is 4.95. The lowest BCUT2D eigenvalue weighted by Crippen LogP contribution is -2.23. The molecule has 0 unspecified atom stereocenters. The quantitative estimate of drug-likeness (QED) is 0.502. The zero-order chi connectivity index (χ0) is 20.5. The van der Waals surface area contributed by atoms with Gasteiger partial charge in [0.15, 0.2) is 0 Å². The van der Waals surface area contributed by atoms with Crippen molar-refractivity contribution in [3.8, 4) is 5.75 Å². The van der Waals surface area contributed by atoms with E-state index in [0.717, 1.165) is 0 Å². The second-order valence-corrected chi connectivity index (χ2v) is 6.80. The molecule has 0 bridgehead atoms. The molecule has 148 valence electrons. The van der Waals surface area contributed by atoms with Gasteiger partial charge in [0, 0.05) is 49.8 Å². The van der Waals surface area contributed by atoms with Gasteiger partial charge in [-0.1, -0.05) is 0 Å². The van der Waals surface area contributed by atoms with Crippen molar-refractivity contribution in [1.29, 1.82) is 0 Å². The van der Waals surface area contributed by atoms with Crippen molar-refractivity contribution in [3.63, 3.8) is 0 Å². The molecule has 1 aromatic carbocycles. The largest absolute Gasteiger partial charge is 0.496 e. The standard InChI is InChI=1S/C21H19FN4O3/c1-25-20-16-4-3-14(22)10-18(16)26(21(28)17(20)12-24-25)8-6-15(27)9-13-11-23-7-5-19(13)29-2/h3-5,7,10-12H,6,8-9H2,1-2H3. The summed E-state index contributed by atoms with van der Waals surface area (Å²) in [7, 11) is 3.27. The third kappa shape index (κ3) is 3.37. The summed E-state index contributed by atoms with van der Waals surface area (Å²) >= 11 is 0. The van der Waals surface area contributed by atoms with Crippen molar-refractivity contribution in [1.82, 2.24) is 19.3 Å². The lowest BCUT2D eigenvalue weighted by molar-refractivity contribution is -0.118. The molecule has 0 spiro atoms. The number of fused-ring (bicyclic) bond motifs is 3. The Labute approximate surface area is 165 Å². The number of hydrogen-bond acceptors (Lipinski definition) is 5. The molecular formula is C21H19FN4O3. The van der Waals surface area contributed by atoms with E-state index in [0.29, 0.717) is 33.1 Å². The number of ether oxygens (including phenoxy) is 1. The van der Waals surface area contributed by atoms with Crippen molar-refractivity contribution in [2.24, 2.45) is 7.05 Å². The summed E-state index contributed by atoms with van der Waals surface area (Å²) in [5, 5.41) is 5.31. The molecular weight excluding hydrogens is 375 g/mol. The van der Waals surface area contributed by atoms with Crippen LogP contribution in [0.1, 0.15) is 12.0 Å². The number of rotatable bonds is 6. The second-order valence-electron chi connectivity index (χ2n) is 6.80. The molecule has 0 N–H and O–H groups in total. The number of hydrogen-bond donors (Lipinski definition) is 0. The molecule has 0 saturated heterocycles. The molecule has 0 fully saturated rings. The van der Waals surface area contributed by atoms with Crippen molar-refractivity contribution in [2.75, 3.05) is 7.11 Å². The summed E-state index contributed by atoms with van der Waals surface area (Å²) in [4.78, 5) is 29.6. The molecule has 0 saturated carbocycles. The van der Waals surface area contributed by atoms with E-state index in [1.165, 1.54) is 30.0 Å². The molecule has 4 aromatic rings. The number of pyridine rings is 2. The SMILES string of the molecule is COc1ccncc1CC(=O)CCn1c(=O)c2cnn(C)c2c2ccc(F)cc21. The predicted molar refractivity (Wildman–Crippen MR) is 107 cm³/mol. The van der Waals surface area contributed by atoms with Crippen molar-refractivity contribution >= 4 is 27.6 Å². The van der Waals surface area contributed by atoms with Crippen LogP contribution in [-0.2, 0) is 24.8 Å². The molecule has 0 amide bonds. The maximum atomic E-state index is 13.9. The first-order chi connectivity index (χ1) is 14.0. The van der Waals surface area contributed by atoms with Crippen LogP contribution in [0.2, 0.25) is 0 Å². The van der Waals surface area contributed by atoms with E-state index < -0.39 is 5.82 Å². The predicted octanol–water partition coefficient (Wildman–Crippen LogP) is 2.63. The van der Waals surface area contributed by atoms with Crippen LogP contribution in [0.5, 0.6) is 5.75 Å². The number of methoxy groups -OCH3 is 1. The lowest BCUT2D eigenvalue weighted by Gasteiger charge is -2.12. The summed E-state index contributed by atoms with van der Waals surface area (Å²) in [6.45, 7) is 0.144.